The second-order valence-electron chi connectivity index (χ2n) is 8.01. The number of benzene rings is 2. The lowest BCUT2D eigenvalue weighted by Crippen LogP contribution is -2.39. The predicted octanol–water partition coefficient (Wildman–Crippen LogP) is 4.85. The number of thiazole rings is 1. The van der Waals surface area contributed by atoms with E-state index in [1.54, 1.807) is 23.1 Å². The van der Waals surface area contributed by atoms with Crippen molar-refractivity contribution in [2.45, 2.75) is 25.2 Å². The molecule has 1 amide bonds. The molecule has 2 aromatic carbocycles. The number of nitrogens with zero attached hydrogens (tertiary/aromatic N) is 3. The average Bonchev–Trinajstić information content (AvgIpc) is 3.25. The molecule has 8 heteroatoms. The van der Waals surface area contributed by atoms with Gasteiger partial charge in [0.15, 0.2) is 5.13 Å². The lowest BCUT2D eigenvalue weighted by Gasteiger charge is -2.27. The summed E-state index contributed by atoms with van der Waals surface area (Å²) < 4.78 is 12.1. The zero-order chi connectivity index (χ0) is 23.0. The molecule has 6 nitrogen and oxygen atoms in total. The molecule has 0 saturated carbocycles. The Labute approximate surface area is 203 Å². The molecule has 0 unspecified atom stereocenters. The number of carbonyl (C=O) groups excluding carboxylic acids is 1. The maximum atomic E-state index is 13.3. The fraction of sp³-hybridized carbons (Fsp3) is 0.440. The average molecular weight is 486 g/mol. The number of aryl methyl sites for hydroxylation is 1. The van der Waals surface area contributed by atoms with Gasteiger partial charge in [0.1, 0.15) is 5.75 Å². The smallest absolute Gasteiger partial charge is 0.239 e. The summed E-state index contributed by atoms with van der Waals surface area (Å²) in [4.78, 5) is 23.5. The first-order valence-electron chi connectivity index (χ1n) is 11.5. The highest BCUT2D eigenvalue weighted by Gasteiger charge is 2.21. The minimum Gasteiger partial charge on any atom is -0.494 e. The summed E-state index contributed by atoms with van der Waals surface area (Å²) in [5.41, 5.74) is 2.12. The molecule has 0 N–H and O–H groups in total. The van der Waals surface area contributed by atoms with Crippen LogP contribution in [0.2, 0.25) is 0 Å². The molecule has 0 radical (unpaired) electrons. The van der Waals surface area contributed by atoms with E-state index in [2.05, 4.69) is 36.1 Å². The lowest BCUT2D eigenvalue weighted by molar-refractivity contribution is -0.116. The number of aromatic nitrogens is 1. The van der Waals surface area contributed by atoms with E-state index in [4.69, 9.17) is 14.5 Å². The van der Waals surface area contributed by atoms with Gasteiger partial charge < -0.3 is 9.47 Å². The second-order valence-corrected chi connectivity index (χ2v) is 10.1. The van der Waals surface area contributed by atoms with Gasteiger partial charge >= 0.3 is 0 Å². The Bertz CT molecular complexity index is 1050. The van der Waals surface area contributed by atoms with Crippen molar-refractivity contribution in [3.05, 3.63) is 48.0 Å². The summed E-state index contributed by atoms with van der Waals surface area (Å²) in [6, 6.07) is 14.2. The number of morpholine rings is 1. The summed E-state index contributed by atoms with van der Waals surface area (Å²) in [6.45, 7) is 9.77. The van der Waals surface area contributed by atoms with Crippen molar-refractivity contribution in [1.82, 2.24) is 9.88 Å². The van der Waals surface area contributed by atoms with Crippen LogP contribution < -0.4 is 9.64 Å². The fourth-order valence-electron chi connectivity index (χ4n) is 3.73. The lowest BCUT2D eigenvalue weighted by atomic mass is 10.2. The van der Waals surface area contributed by atoms with Crippen molar-refractivity contribution in [2.24, 2.45) is 0 Å². The number of amides is 1. The predicted molar refractivity (Wildman–Crippen MR) is 137 cm³/mol. The number of rotatable bonds is 10. The Morgan fingerprint density at radius 2 is 2.00 bits per heavy atom. The third kappa shape index (κ3) is 6.69. The van der Waals surface area contributed by atoms with E-state index < -0.39 is 0 Å². The number of carbonyl (C=O) groups is 1. The van der Waals surface area contributed by atoms with E-state index in [9.17, 15) is 4.79 Å². The molecule has 2 heterocycles. The summed E-state index contributed by atoms with van der Waals surface area (Å²) in [6.07, 6.45) is 0.904. The number of hydrogen-bond donors (Lipinski definition) is 0. The molecular formula is C25H31N3O3S2. The quantitative estimate of drug-likeness (QED) is 0.383. The zero-order valence-corrected chi connectivity index (χ0v) is 20.9. The third-order valence-corrected chi connectivity index (χ3v) is 7.57. The normalized spacial score (nSPS) is 14.5. The molecule has 1 fully saturated rings. The number of anilines is 1. The van der Waals surface area contributed by atoms with Crippen LogP contribution in [0.25, 0.3) is 10.2 Å². The number of ether oxygens (including phenoxy) is 2. The number of fused-ring (bicyclic) bond motifs is 1. The number of thioether (sulfide) groups is 1. The minimum absolute atomic E-state index is 0.0895. The molecule has 176 valence electrons. The highest BCUT2D eigenvalue weighted by atomic mass is 32.2. The van der Waals surface area contributed by atoms with Gasteiger partial charge in [-0.15, -0.1) is 11.8 Å². The topological polar surface area (TPSA) is 54.9 Å². The highest BCUT2D eigenvalue weighted by Crippen LogP contribution is 2.32. The van der Waals surface area contributed by atoms with Crippen LogP contribution in [0.3, 0.4) is 0 Å². The maximum Gasteiger partial charge on any atom is 0.239 e. The number of hydrogen-bond acceptors (Lipinski definition) is 7. The van der Waals surface area contributed by atoms with Crippen molar-refractivity contribution in [1.29, 1.82) is 0 Å². The summed E-state index contributed by atoms with van der Waals surface area (Å²) in [5, 5.41) is 0.759. The Morgan fingerprint density at radius 1 is 1.21 bits per heavy atom. The molecule has 33 heavy (non-hydrogen) atoms. The van der Waals surface area contributed by atoms with Gasteiger partial charge in [0, 0.05) is 31.1 Å². The summed E-state index contributed by atoms with van der Waals surface area (Å²) in [7, 11) is 0. The van der Waals surface area contributed by atoms with E-state index in [1.165, 1.54) is 5.56 Å². The van der Waals surface area contributed by atoms with Crippen LogP contribution in [0.1, 0.15) is 18.9 Å². The van der Waals surface area contributed by atoms with Crippen LogP contribution in [0.15, 0.2) is 47.4 Å². The molecule has 1 aliphatic heterocycles. The van der Waals surface area contributed by atoms with Crippen LogP contribution in [-0.2, 0) is 9.53 Å². The first kappa shape index (κ1) is 24.0. The Morgan fingerprint density at radius 3 is 2.76 bits per heavy atom. The molecule has 1 saturated heterocycles. The van der Waals surface area contributed by atoms with E-state index in [0.717, 1.165) is 65.3 Å². The van der Waals surface area contributed by atoms with Gasteiger partial charge in [0.2, 0.25) is 5.91 Å². The SMILES string of the molecule is CCOc1ccc2nc(N(CCCN3CCOCC3)C(=O)CSc3ccc(C)cc3)sc2c1. The van der Waals surface area contributed by atoms with Crippen molar-refractivity contribution in [2.75, 3.05) is 56.7 Å². The Balaban J connectivity index is 1.47. The van der Waals surface area contributed by atoms with Crippen molar-refractivity contribution >= 4 is 44.4 Å². The molecule has 4 rings (SSSR count). The first-order valence-corrected chi connectivity index (χ1v) is 13.3. The van der Waals surface area contributed by atoms with Crippen molar-refractivity contribution < 1.29 is 14.3 Å². The largest absolute Gasteiger partial charge is 0.494 e. The zero-order valence-electron chi connectivity index (χ0n) is 19.3. The molecule has 0 atom stereocenters. The van der Waals surface area contributed by atoms with Gasteiger partial charge in [-0.2, -0.15) is 0 Å². The van der Waals surface area contributed by atoms with Crippen LogP contribution in [-0.4, -0.2) is 67.5 Å². The van der Waals surface area contributed by atoms with Crippen LogP contribution >= 0.6 is 23.1 Å². The molecule has 1 aliphatic rings. The standard InChI is InChI=1S/C25H31N3O3S2/c1-3-31-20-7-10-22-23(17-20)33-25(26-22)28(12-4-11-27-13-15-30-16-14-27)24(29)18-32-21-8-5-19(2)6-9-21/h5-10,17H,3-4,11-16,18H2,1-2H3. The molecule has 0 bridgehead atoms. The van der Waals surface area contributed by atoms with Gasteiger partial charge in [-0.05, 0) is 50.6 Å². The second kappa shape index (κ2) is 11.8. The van der Waals surface area contributed by atoms with Crippen molar-refractivity contribution in [3.63, 3.8) is 0 Å². The molecular weight excluding hydrogens is 454 g/mol. The highest BCUT2D eigenvalue weighted by molar-refractivity contribution is 8.00. The van der Waals surface area contributed by atoms with Crippen LogP contribution in [0.5, 0.6) is 5.75 Å². The van der Waals surface area contributed by atoms with E-state index in [0.29, 0.717) is 18.9 Å². The minimum atomic E-state index is 0.0895. The van der Waals surface area contributed by atoms with Crippen LogP contribution in [0, 0.1) is 6.92 Å². The van der Waals surface area contributed by atoms with E-state index >= 15 is 0 Å². The van der Waals surface area contributed by atoms with Gasteiger partial charge in [-0.3, -0.25) is 14.6 Å². The van der Waals surface area contributed by atoms with Crippen molar-refractivity contribution in [3.8, 4) is 5.75 Å². The monoisotopic (exact) mass is 485 g/mol. The Kier molecular flexibility index (Phi) is 8.61. The summed E-state index contributed by atoms with van der Waals surface area (Å²) >= 11 is 3.13. The van der Waals surface area contributed by atoms with Gasteiger partial charge in [-0.25, -0.2) is 4.98 Å². The van der Waals surface area contributed by atoms with E-state index in [-0.39, 0.29) is 5.91 Å². The van der Waals surface area contributed by atoms with E-state index in [1.807, 2.05) is 30.0 Å². The fourth-order valence-corrected chi connectivity index (χ4v) is 5.54. The van der Waals surface area contributed by atoms with Gasteiger partial charge in [0.25, 0.3) is 0 Å². The maximum absolute atomic E-state index is 13.3. The van der Waals surface area contributed by atoms with Crippen LogP contribution in [0.4, 0.5) is 5.13 Å². The molecule has 0 aliphatic carbocycles. The van der Waals surface area contributed by atoms with Gasteiger partial charge in [-0.1, -0.05) is 29.0 Å². The molecule has 1 aromatic heterocycles. The first-order chi connectivity index (χ1) is 16.1. The van der Waals surface area contributed by atoms with Gasteiger partial charge in [0.05, 0.1) is 35.8 Å². The molecule has 3 aromatic rings. The summed E-state index contributed by atoms with van der Waals surface area (Å²) in [5.74, 6) is 1.31. The molecule has 0 spiro atoms. The third-order valence-electron chi connectivity index (χ3n) is 5.53. The Hall–Kier alpha value is -2.13.